The lowest BCUT2D eigenvalue weighted by Gasteiger charge is -2.28. The lowest BCUT2D eigenvalue weighted by Crippen LogP contribution is -2.36. The number of carboxylic acids is 1. The second-order valence-corrected chi connectivity index (χ2v) is 8.32. The van der Waals surface area contributed by atoms with E-state index in [0.29, 0.717) is 27.6 Å². The molecule has 174 valence electrons. The molecule has 1 atom stereocenters. The highest BCUT2D eigenvalue weighted by Crippen LogP contribution is 2.31. The first-order valence-corrected chi connectivity index (χ1v) is 11.2. The van der Waals surface area contributed by atoms with Crippen molar-refractivity contribution in [3.8, 4) is 17.3 Å². The zero-order valence-electron chi connectivity index (χ0n) is 18.4. The number of H-pyrrole nitrogens is 1. The van der Waals surface area contributed by atoms with E-state index in [4.69, 9.17) is 26.2 Å². The van der Waals surface area contributed by atoms with Gasteiger partial charge < -0.3 is 24.5 Å². The average Bonchev–Trinajstić information content (AvgIpc) is 3.25. The van der Waals surface area contributed by atoms with Crippen molar-refractivity contribution in [2.75, 3.05) is 31.2 Å². The first kappa shape index (κ1) is 22.1. The molecule has 0 aliphatic carbocycles. The van der Waals surface area contributed by atoms with Gasteiger partial charge in [0.15, 0.2) is 5.65 Å². The van der Waals surface area contributed by atoms with Gasteiger partial charge in [0.25, 0.3) is 6.01 Å². The number of nitrogens with zero attached hydrogens (tertiary/aromatic N) is 4. The maximum absolute atomic E-state index is 11.0. The first-order valence-electron chi connectivity index (χ1n) is 10.8. The summed E-state index contributed by atoms with van der Waals surface area (Å²) in [7, 11) is 0. The summed E-state index contributed by atoms with van der Waals surface area (Å²) in [5, 5.41) is 9.52. The number of nitrogens with one attached hydrogen (secondary N) is 1. The summed E-state index contributed by atoms with van der Waals surface area (Å²) in [4.78, 5) is 29.6. The van der Waals surface area contributed by atoms with Crippen LogP contribution in [0.25, 0.3) is 22.4 Å². The van der Waals surface area contributed by atoms with Gasteiger partial charge >= 0.3 is 5.97 Å². The Balaban J connectivity index is 1.35. The van der Waals surface area contributed by atoms with Crippen LogP contribution in [0.5, 0.6) is 6.01 Å². The molecule has 2 N–H and O–H groups in total. The number of morpholine rings is 1. The maximum Gasteiger partial charge on any atom is 0.337 e. The molecule has 4 aromatic rings. The summed E-state index contributed by atoms with van der Waals surface area (Å²) in [6.45, 7) is 5.02. The van der Waals surface area contributed by atoms with E-state index < -0.39 is 12.1 Å². The van der Waals surface area contributed by atoms with Gasteiger partial charge in [0.05, 0.1) is 40.7 Å². The van der Waals surface area contributed by atoms with Crippen LogP contribution in [0.15, 0.2) is 48.7 Å². The van der Waals surface area contributed by atoms with Crippen LogP contribution in [0.2, 0.25) is 5.02 Å². The van der Waals surface area contributed by atoms with Crippen LogP contribution in [0.1, 0.15) is 29.1 Å². The van der Waals surface area contributed by atoms with Crippen molar-refractivity contribution in [2.24, 2.45) is 0 Å². The zero-order chi connectivity index (χ0) is 23.7. The number of pyridine rings is 2. The monoisotopic (exact) mass is 479 g/mol. The fraction of sp³-hybridized carbons (Fsp3) is 0.250. The number of halogens is 1. The number of benzene rings is 1. The van der Waals surface area contributed by atoms with Gasteiger partial charge in [-0.25, -0.2) is 9.78 Å². The number of aromatic carboxylic acids is 1. The number of hydrogen-bond donors (Lipinski definition) is 2. The third-order valence-electron chi connectivity index (χ3n) is 5.66. The van der Waals surface area contributed by atoms with E-state index in [-0.39, 0.29) is 11.6 Å². The minimum absolute atomic E-state index is 0.115. The number of aromatic nitrogens is 4. The molecular formula is C24H22ClN5O4. The standard InChI is InChI=1S/C24H22ClN5O4/c1-14(19-7-4-16(13-26-19)23(31)32)34-24-27-20-12-18(25)21(28-22(20)29-24)15-2-5-17(6-3-15)30-8-10-33-11-9-30/h2-7,12-14H,8-11H2,1H3,(H,31,32)(H,27,28,29). The van der Waals surface area contributed by atoms with Gasteiger partial charge in [-0.05, 0) is 37.3 Å². The third kappa shape index (κ3) is 4.52. The number of anilines is 1. The number of hydrogen-bond acceptors (Lipinski definition) is 7. The number of ether oxygens (including phenoxy) is 2. The van der Waals surface area contributed by atoms with E-state index in [1.807, 2.05) is 12.1 Å². The summed E-state index contributed by atoms with van der Waals surface area (Å²) in [6.07, 6.45) is 0.847. The third-order valence-corrected chi connectivity index (χ3v) is 5.95. The quantitative estimate of drug-likeness (QED) is 0.419. The molecule has 0 amide bonds. The highest BCUT2D eigenvalue weighted by Gasteiger charge is 2.17. The smallest absolute Gasteiger partial charge is 0.337 e. The van der Waals surface area contributed by atoms with Crippen molar-refractivity contribution in [1.82, 2.24) is 19.9 Å². The molecule has 0 saturated carbocycles. The molecule has 0 radical (unpaired) electrons. The Kier molecular flexibility index (Phi) is 6.04. The number of fused-ring (bicyclic) bond motifs is 1. The SMILES string of the molecule is CC(Oc1nc2nc(-c3ccc(N4CCOCC4)cc3)c(Cl)cc2[nH]1)c1ccc(C(=O)O)cn1. The molecule has 1 fully saturated rings. The number of aromatic amines is 1. The predicted octanol–water partition coefficient (Wildman–Crippen LogP) is 4.35. The largest absolute Gasteiger partial charge is 0.478 e. The number of carbonyl (C=O) groups is 1. The molecule has 1 unspecified atom stereocenters. The van der Waals surface area contributed by atoms with Crippen LogP contribution in [0, 0.1) is 0 Å². The Bertz CT molecular complexity index is 1320. The Labute approximate surface area is 200 Å². The van der Waals surface area contributed by atoms with Crippen LogP contribution in [-0.4, -0.2) is 57.3 Å². The molecule has 10 heteroatoms. The van der Waals surface area contributed by atoms with Crippen LogP contribution in [-0.2, 0) is 4.74 Å². The summed E-state index contributed by atoms with van der Waals surface area (Å²) in [5.74, 6) is -1.03. The summed E-state index contributed by atoms with van der Waals surface area (Å²) in [6, 6.07) is 13.3. The minimum atomic E-state index is -1.03. The topological polar surface area (TPSA) is 113 Å². The highest BCUT2D eigenvalue weighted by atomic mass is 35.5. The fourth-order valence-corrected chi connectivity index (χ4v) is 4.07. The van der Waals surface area contributed by atoms with Gasteiger partial charge in [0.1, 0.15) is 6.10 Å². The molecule has 1 aromatic carbocycles. The normalized spacial score (nSPS) is 14.8. The Hall–Kier alpha value is -3.69. The molecule has 0 bridgehead atoms. The zero-order valence-corrected chi connectivity index (χ0v) is 19.1. The molecule has 1 aliphatic rings. The van der Waals surface area contributed by atoms with Gasteiger partial charge in [0, 0.05) is 30.5 Å². The number of imidazole rings is 1. The lowest BCUT2D eigenvalue weighted by molar-refractivity contribution is 0.0696. The lowest BCUT2D eigenvalue weighted by atomic mass is 10.1. The molecule has 3 aromatic heterocycles. The Morgan fingerprint density at radius 2 is 1.94 bits per heavy atom. The average molecular weight is 480 g/mol. The maximum atomic E-state index is 11.0. The van der Waals surface area contributed by atoms with E-state index in [1.165, 1.54) is 12.3 Å². The highest BCUT2D eigenvalue weighted by molar-refractivity contribution is 6.33. The van der Waals surface area contributed by atoms with Gasteiger partial charge in [-0.3, -0.25) is 4.98 Å². The van der Waals surface area contributed by atoms with E-state index in [2.05, 4.69) is 37.0 Å². The van der Waals surface area contributed by atoms with E-state index in [1.54, 1.807) is 19.1 Å². The van der Waals surface area contributed by atoms with Crippen molar-refractivity contribution in [2.45, 2.75) is 13.0 Å². The predicted molar refractivity (Wildman–Crippen MR) is 128 cm³/mol. The minimum Gasteiger partial charge on any atom is -0.478 e. The van der Waals surface area contributed by atoms with Gasteiger partial charge in [-0.1, -0.05) is 23.7 Å². The molecule has 5 rings (SSSR count). The van der Waals surface area contributed by atoms with Crippen molar-refractivity contribution in [3.63, 3.8) is 0 Å². The van der Waals surface area contributed by atoms with Crippen LogP contribution in [0.4, 0.5) is 5.69 Å². The van der Waals surface area contributed by atoms with E-state index in [9.17, 15) is 4.79 Å². The Morgan fingerprint density at radius 1 is 1.18 bits per heavy atom. The number of rotatable bonds is 6. The van der Waals surface area contributed by atoms with Crippen LogP contribution >= 0.6 is 11.6 Å². The molecule has 1 saturated heterocycles. The summed E-state index contributed by atoms with van der Waals surface area (Å²) in [5.41, 5.74) is 4.49. The van der Waals surface area contributed by atoms with Crippen molar-refractivity contribution in [3.05, 3.63) is 64.9 Å². The number of carboxylic acid groups (broad SMARTS) is 1. The van der Waals surface area contributed by atoms with Crippen LogP contribution in [0.3, 0.4) is 0 Å². The fourth-order valence-electron chi connectivity index (χ4n) is 3.81. The second-order valence-electron chi connectivity index (χ2n) is 7.92. The molecule has 9 nitrogen and oxygen atoms in total. The van der Waals surface area contributed by atoms with Gasteiger partial charge in [0.2, 0.25) is 0 Å². The Morgan fingerprint density at radius 3 is 2.62 bits per heavy atom. The van der Waals surface area contributed by atoms with Crippen molar-refractivity contribution < 1.29 is 19.4 Å². The molecule has 0 spiro atoms. The van der Waals surface area contributed by atoms with Crippen molar-refractivity contribution in [1.29, 1.82) is 0 Å². The molecule has 1 aliphatic heterocycles. The first-order chi connectivity index (χ1) is 16.5. The van der Waals surface area contributed by atoms with Gasteiger partial charge in [-0.2, -0.15) is 4.98 Å². The second kappa shape index (κ2) is 9.28. The summed E-state index contributed by atoms with van der Waals surface area (Å²) < 4.78 is 11.3. The van der Waals surface area contributed by atoms with Crippen LogP contribution < -0.4 is 9.64 Å². The molecule has 34 heavy (non-hydrogen) atoms. The van der Waals surface area contributed by atoms with E-state index in [0.717, 1.165) is 37.6 Å². The van der Waals surface area contributed by atoms with Crippen molar-refractivity contribution >= 4 is 34.4 Å². The molecule has 4 heterocycles. The van der Waals surface area contributed by atoms with E-state index >= 15 is 0 Å². The summed E-state index contributed by atoms with van der Waals surface area (Å²) >= 11 is 6.54. The van der Waals surface area contributed by atoms with Gasteiger partial charge in [-0.15, -0.1) is 0 Å². The molecular weight excluding hydrogens is 458 g/mol.